The quantitative estimate of drug-likeness (QED) is 0.110. The van der Waals surface area contributed by atoms with Gasteiger partial charge in [0, 0.05) is 31.9 Å². The van der Waals surface area contributed by atoms with E-state index in [-0.39, 0.29) is 17.9 Å². The first-order chi connectivity index (χ1) is 19.1. The van der Waals surface area contributed by atoms with Gasteiger partial charge in [-0.3, -0.25) is 19.1 Å². The number of hydrogen-bond donors (Lipinski definition) is 5. The average molecular weight is 574 g/mol. The van der Waals surface area contributed by atoms with Crippen LogP contribution < -0.4 is 25.7 Å². The zero-order chi connectivity index (χ0) is 29.1. The smallest absolute Gasteiger partial charge is 0.254 e. The van der Waals surface area contributed by atoms with Crippen molar-refractivity contribution in [1.29, 1.82) is 0 Å². The molecule has 1 heterocycles. The molecule has 2 aromatic carbocycles. The molecule has 0 saturated heterocycles. The third-order valence-corrected chi connectivity index (χ3v) is 7.06. The van der Waals surface area contributed by atoms with E-state index in [2.05, 4.69) is 25.9 Å². The number of hydrogen-bond acceptors (Lipinski definition) is 9. The van der Waals surface area contributed by atoms with Crippen molar-refractivity contribution in [2.75, 3.05) is 34.8 Å². The van der Waals surface area contributed by atoms with Crippen molar-refractivity contribution < 1.29 is 27.6 Å². The van der Waals surface area contributed by atoms with E-state index >= 15 is 0 Å². The summed E-state index contributed by atoms with van der Waals surface area (Å²) in [6, 6.07) is 12.5. The molecule has 12 nitrogen and oxygen atoms in total. The number of unbranched alkanes of at least 4 members (excludes halogenated alkanes) is 3. The second-order valence-corrected chi connectivity index (χ2v) is 10.9. The number of amides is 2. The van der Waals surface area contributed by atoms with Gasteiger partial charge in [0.2, 0.25) is 21.9 Å². The van der Waals surface area contributed by atoms with E-state index in [0.717, 1.165) is 23.4 Å². The molecule has 0 aliphatic carbocycles. The average Bonchev–Trinajstić information content (AvgIpc) is 2.92. The van der Waals surface area contributed by atoms with E-state index < -0.39 is 27.7 Å². The summed E-state index contributed by atoms with van der Waals surface area (Å²) in [7, 11) is -2.03. The van der Waals surface area contributed by atoms with Gasteiger partial charge in [-0.15, -0.1) is 0 Å². The molecule has 0 spiro atoms. The van der Waals surface area contributed by atoms with Crippen LogP contribution in [-0.4, -0.2) is 55.3 Å². The van der Waals surface area contributed by atoms with Crippen molar-refractivity contribution in [3.8, 4) is 0 Å². The second-order valence-electron chi connectivity index (χ2n) is 8.91. The summed E-state index contributed by atoms with van der Waals surface area (Å²) in [6.45, 7) is 0.362. The van der Waals surface area contributed by atoms with Gasteiger partial charge < -0.3 is 16.0 Å². The maximum absolute atomic E-state index is 14.7. The van der Waals surface area contributed by atoms with Gasteiger partial charge in [0.1, 0.15) is 11.6 Å². The highest BCUT2D eigenvalue weighted by molar-refractivity contribution is 7.92. The first-order valence-electron chi connectivity index (χ1n) is 12.5. The number of nitrogens with one attached hydrogen (secondary N) is 4. The molecule has 3 aromatic rings. The third-order valence-electron chi connectivity index (χ3n) is 5.87. The molecule has 0 fully saturated rings. The molecular formula is C26H32FN7O5S. The van der Waals surface area contributed by atoms with Crippen LogP contribution in [-0.2, 0) is 14.8 Å². The molecule has 0 aliphatic heterocycles. The Hall–Kier alpha value is -4.30. The number of benzene rings is 2. The van der Waals surface area contributed by atoms with Crippen molar-refractivity contribution in [1.82, 2.24) is 20.8 Å². The second kappa shape index (κ2) is 14.2. The fraction of sp³-hybridized carbons (Fsp3) is 0.308. The highest BCUT2D eigenvalue weighted by Gasteiger charge is 2.16. The van der Waals surface area contributed by atoms with E-state index in [4.69, 9.17) is 5.21 Å². The molecule has 0 unspecified atom stereocenters. The Labute approximate surface area is 232 Å². The van der Waals surface area contributed by atoms with Gasteiger partial charge in [-0.25, -0.2) is 23.3 Å². The number of anilines is 5. The lowest BCUT2D eigenvalue weighted by atomic mass is 10.1. The lowest BCUT2D eigenvalue weighted by molar-refractivity contribution is -0.129. The number of aromatic nitrogens is 2. The molecule has 0 atom stereocenters. The Morgan fingerprint density at radius 2 is 1.77 bits per heavy atom. The summed E-state index contributed by atoms with van der Waals surface area (Å²) in [6.07, 6.45) is 5.67. The van der Waals surface area contributed by atoms with Crippen LogP contribution in [0.5, 0.6) is 0 Å². The summed E-state index contributed by atoms with van der Waals surface area (Å²) in [4.78, 5) is 31.8. The van der Waals surface area contributed by atoms with Gasteiger partial charge >= 0.3 is 0 Å². The molecule has 0 radical (unpaired) electrons. The zero-order valence-corrected chi connectivity index (χ0v) is 23.0. The molecule has 0 aliphatic rings. The summed E-state index contributed by atoms with van der Waals surface area (Å²) < 4.78 is 39.9. The van der Waals surface area contributed by atoms with Crippen LogP contribution in [0.15, 0.2) is 54.7 Å². The van der Waals surface area contributed by atoms with Gasteiger partial charge in [0.25, 0.3) is 5.91 Å². The molecule has 2 amide bonds. The van der Waals surface area contributed by atoms with Crippen molar-refractivity contribution >= 4 is 50.7 Å². The molecule has 40 heavy (non-hydrogen) atoms. The lowest BCUT2D eigenvalue weighted by Crippen LogP contribution is -2.25. The van der Waals surface area contributed by atoms with E-state index in [1.807, 2.05) is 0 Å². The minimum absolute atomic E-state index is 0.104. The van der Waals surface area contributed by atoms with Gasteiger partial charge in [-0.2, -0.15) is 4.98 Å². The molecule has 5 N–H and O–H groups in total. The van der Waals surface area contributed by atoms with E-state index in [0.29, 0.717) is 42.3 Å². The standard InChI is InChI=1S/C26H32FN7O5S/c1-34(40(2,38)39)22-10-7-6-9-21(22)31-23-14-16-29-26(32-23)30-18-12-13-19(20(27)17-18)25(36)28-15-8-4-3-5-11-24(35)33-37/h6-7,9-10,12-14,16-17,37H,3-5,8,11,15H2,1-2H3,(H,28,36)(H,33,35)(H2,29,30,31,32). The number of sulfonamides is 1. The first kappa shape index (κ1) is 30.2. The fourth-order valence-electron chi connectivity index (χ4n) is 3.68. The predicted molar refractivity (Wildman–Crippen MR) is 150 cm³/mol. The van der Waals surface area contributed by atoms with Gasteiger partial charge in [0.05, 0.1) is 23.2 Å². The number of rotatable bonds is 14. The lowest BCUT2D eigenvalue weighted by Gasteiger charge is -2.20. The van der Waals surface area contributed by atoms with Crippen molar-refractivity contribution in [2.24, 2.45) is 0 Å². The molecule has 1 aromatic heterocycles. The van der Waals surface area contributed by atoms with Gasteiger partial charge in [-0.05, 0) is 49.2 Å². The van der Waals surface area contributed by atoms with E-state index in [9.17, 15) is 22.4 Å². The van der Waals surface area contributed by atoms with Crippen LogP contribution in [0.3, 0.4) is 0 Å². The SMILES string of the molecule is CN(c1ccccc1Nc1ccnc(Nc2ccc(C(=O)NCCCCCCC(=O)NO)c(F)c2)n1)S(C)(=O)=O. The maximum atomic E-state index is 14.7. The molecule has 214 valence electrons. The predicted octanol–water partition coefficient (Wildman–Crippen LogP) is 3.68. The molecule has 14 heteroatoms. The summed E-state index contributed by atoms with van der Waals surface area (Å²) >= 11 is 0. The molecule has 0 saturated carbocycles. The topological polar surface area (TPSA) is 166 Å². The highest BCUT2D eigenvalue weighted by atomic mass is 32.2. The Morgan fingerprint density at radius 3 is 2.50 bits per heavy atom. The number of carbonyl (C=O) groups is 2. The Morgan fingerprint density at radius 1 is 1.02 bits per heavy atom. The van der Waals surface area contributed by atoms with Gasteiger partial charge in [0.15, 0.2) is 0 Å². The summed E-state index contributed by atoms with van der Waals surface area (Å²) in [5, 5.41) is 17.1. The van der Waals surface area contributed by atoms with Gasteiger partial charge in [-0.1, -0.05) is 25.0 Å². The maximum Gasteiger partial charge on any atom is 0.254 e. The van der Waals surface area contributed by atoms with Crippen LogP contribution in [0.1, 0.15) is 42.5 Å². The minimum Gasteiger partial charge on any atom is -0.352 e. The van der Waals surface area contributed by atoms with Crippen molar-refractivity contribution in [3.63, 3.8) is 0 Å². The van der Waals surface area contributed by atoms with Crippen molar-refractivity contribution in [2.45, 2.75) is 32.1 Å². The third kappa shape index (κ3) is 8.88. The minimum atomic E-state index is -3.48. The Balaban J connectivity index is 1.57. The van der Waals surface area contributed by atoms with Crippen LogP contribution in [0.4, 0.5) is 33.2 Å². The number of nitrogens with zero attached hydrogens (tertiary/aromatic N) is 3. The molecular weight excluding hydrogens is 541 g/mol. The number of para-hydroxylation sites is 2. The van der Waals surface area contributed by atoms with Crippen LogP contribution in [0.25, 0.3) is 0 Å². The largest absolute Gasteiger partial charge is 0.352 e. The van der Waals surface area contributed by atoms with E-state index in [1.54, 1.807) is 35.8 Å². The monoisotopic (exact) mass is 573 g/mol. The Kier molecular flexibility index (Phi) is 10.7. The number of halogens is 1. The first-order valence-corrected chi connectivity index (χ1v) is 14.3. The highest BCUT2D eigenvalue weighted by Crippen LogP contribution is 2.29. The Bertz CT molecular complexity index is 1440. The van der Waals surface area contributed by atoms with Crippen LogP contribution in [0, 0.1) is 5.82 Å². The summed E-state index contributed by atoms with van der Waals surface area (Å²) in [5.41, 5.74) is 2.75. The van der Waals surface area contributed by atoms with Crippen LogP contribution >= 0.6 is 0 Å². The summed E-state index contributed by atoms with van der Waals surface area (Å²) in [5.74, 6) is -1.15. The normalized spacial score (nSPS) is 11.0. The molecule has 3 rings (SSSR count). The molecule has 0 bridgehead atoms. The van der Waals surface area contributed by atoms with Crippen LogP contribution in [0.2, 0.25) is 0 Å². The van der Waals surface area contributed by atoms with E-state index in [1.165, 1.54) is 31.4 Å². The fourth-order valence-corrected chi connectivity index (χ4v) is 4.20. The zero-order valence-electron chi connectivity index (χ0n) is 22.1. The number of carbonyl (C=O) groups excluding carboxylic acids is 2. The van der Waals surface area contributed by atoms with Crippen molar-refractivity contribution in [3.05, 3.63) is 66.1 Å². The number of hydroxylamine groups is 1.